The van der Waals surface area contributed by atoms with Crippen LogP contribution in [0.5, 0.6) is 11.6 Å². The van der Waals surface area contributed by atoms with Gasteiger partial charge in [0.25, 0.3) is 0 Å². The third-order valence-electron chi connectivity index (χ3n) is 5.76. The Bertz CT molecular complexity index is 1590. The Balaban J connectivity index is 1.58. The van der Waals surface area contributed by atoms with Gasteiger partial charge in [0.1, 0.15) is 40.4 Å². The van der Waals surface area contributed by atoms with Gasteiger partial charge in [0.05, 0.1) is 18.2 Å². The number of hydrogen-bond donors (Lipinski definition) is 2. The summed E-state index contributed by atoms with van der Waals surface area (Å²) in [5.74, 6) is 1.42. The van der Waals surface area contributed by atoms with Crippen LogP contribution in [0, 0.1) is 6.92 Å². The van der Waals surface area contributed by atoms with Crippen LogP contribution in [-0.4, -0.2) is 37.3 Å². The second kappa shape index (κ2) is 7.66. The molecule has 0 atom stereocenters. The molecular weight excluding hydrogens is 434 g/mol. The number of ether oxygens (including phenoxy) is 1. The average molecular weight is 453 g/mol. The summed E-state index contributed by atoms with van der Waals surface area (Å²) in [5.41, 5.74) is 5.67. The minimum absolute atomic E-state index is 0.0205. The van der Waals surface area contributed by atoms with Crippen molar-refractivity contribution in [3.8, 4) is 51.2 Å². The van der Waals surface area contributed by atoms with E-state index in [-0.39, 0.29) is 5.88 Å². The van der Waals surface area contributed by atoms with E-state index in [0.717, 1.165) is 33.6 Å². The minimum atomic E-state index is 0.0205. The third kappa shape index (κ3) is 3.06. The summed E-state index contributed by atoms with van der Waals surface area (Å²) in [6, 6.07) is 18.9. The Morgan fingerprint density at radius 1 is 0.941 bits per heavy atom. The molecule has 4 heterocycles. The molecule has 9 heteroatoms. The SMILES string of the molecule is COc1ccc(-c2n[nH]c3c(O)n(-c4ccc(-c5ccon5)cc4)c(-c4cc(C)on4)c23)cc1. The number of rotatable bonds is 5. The molecule has 0 amide bonds. The van der Waals surface area contributed by atoms with E-state index >= 15 is 0 Å². The van der Waals surface area contributed by atoms with Crippen molar-refractivity contribution in [3.05, 3.63) is 72.7 Å². The van der Waals surface area contributed by atoms with E-state index in [9.17, 15) is 5.11 Å². The van der Waals surface area contributed by atoms with E-state index in [2.05, 4.69) is 20.5 Å². The lowest BCUT2D eigenvalue weighted by molar-refractivity contribution is 0.399. The molecule has 0 radical (unpaired) electrons. The number of aromatic amines is 1. The molecule has 0 saturated carbocycles. The lowest BCUT2D eigenvalue weighted by Crippen LogP contribution is -1.98. The zero-order valence-electron chi connectivity index (χ0n) is 18.3. The van der Waals surface area contributed by atoms with Crippen molar-refractivity contribution in [1.82, 2.24) is 25.1 Å². The highest BCUT2D eigenvalue weighted by Gasteiger charge is 2.27. The number of H-pyrrole nitrogens is 1. The van der Waals surface area contributed by atoms with Crippen molar-refractivity contribution < 1.29 is 18.9 Å². The maximum Gasteiger partial charge on any atom is 0.223 e. The van der Waals surface area contributed by atoms with Gasteiger partial charge in [-0.1, -0.05) is 22.4 Å². The number of aryl methyl sites for hydroxylation is 1. The van der Waals surface area contributed by atoms with Crippen LogP contribution in [0.1, 0.15) is 5.76 Å². The summed E-state index contributed by atoms with van der Waals surface area (Å²) in [4.78, 5) is 0. The standard InChI is InChI=1S/C25H19N5O4/c1-14-13-20(29-34-14)24-21-22(16-5-9-18(32-2)10-6-16)26-27-23(21)25(31)30(24)17-7-3-15(4-8-17)19-11-12-33-28-19/h3-13,27,31H,1-2H3. The number of fused-ring (bicyclic) bond motifs is 1. The molecule has 2 aromatic carbocycles. The monoisotopic (exact) mass is 453 g/mol. The number of aromatic nitrogens is 5. The van der Waals surface area contributed by atoms with Gasteiger partial charge in [-0.2, -0.15) is 5.10 Å². The molecule has 168 valence electrons. The van der Waals surface area contributed by atoms with Crippen LogP contribution in [0.15, 0.2) is 76.0 Å². The zero-order valence-corrected chi connectivity index (χ0v) is 18.3. The number of hydrogen-bond acceptors (Lipinski definition) is 7. The topological polar surface area (TPSA) is 115 Å². The van der Waals surface area contributed by atoms with E-state index in [1.54, 1.807) is 17.7 Å². The molecule has 4 aromatic heterocycles. The molecule has 0 fully saturated rings. The summed E-state index contributed by atoms with van der Waals surface area (Å²) in [7, 11) is 1.62. The molecular formula is C25H19N5O4. The van der Waals surface area contributed by atoms with E-state index in [0.29, 0.717) is 28.4 Å². The molecule has 2 N–H and O–H groups in total. The van der Waals surface area contributed by atoms with E-state index in [1.807, 2.05) is 61.5 Å². The molecule has 34 heavy (non-hydrogen) atoms. The Labute approximate surface area is 193 Å². The summed E-state index contributed by atoms with van der Waals surface area (Å²) in [5, 5.41) is 27.7. The molecule has 0 aliphatic heterocycles. The Kier molecular flexibility index (Phi) is 4.48. The molecule has 0 spiro atoms. The molecule has 0 aliphatic rings. The molecule has 0 aliphatic carbocycles. The van der Waals surface area contributed by atoms with Gasteiger partial charge >= 0.3 is 0 Å². The van der Waals surface area contributed by atoms with Crippen molar-refractivity contribution in [2.24, 2.45) is 0 Å². The predicted octanol–water partition coefficient (Wildman–Crippen LogP) is 5.35. The van der Waals surface area contributed by atoms with E-state index in [4.69, 9.17) is 13.8 Å². The Morgan fingerprint density at radius 2 is 1.71 bits per heavy atom. The number of nitrogens with one attached hydrogen (secondary N) is 1. The van der Waals surface area contributed by atoms with Gasteiger partial charge in [-0.3, -0.25) is 9.67 Å². The highest BCUT2D eigenvalue weighted by Crippen LogP contribution is 2.43. The molecule has 6 aromatic rings. The second-order valence-electron chi connectivity index (χ2n) is 7.81. The van der Waals surface area contributed by atoms with Crippen molar-refractivity contribution in [2.45, 2.75) is 6.92 Å². The smallest absolute Gasteiger partial charge is 0.223 e. The molecule has 0 saturated heterocycles. The van der Waals surface area contributed by atoms with Gasteiger partial charge < -0.3 is 18.9 Å². The second-order valence-corrected chi connectivity index (χ2v) is 7.81. The van der Waals surface area contributed by atoms with Gasteiger partial charge in [0.2, 0.25) is 5.88 Å². The number of nitrogens with zero attached hydrogens (tertiary/aromatic N) is 4. The van der Waals surface area contributed by atoms with Gasteiger partial charge in [-0.05, 0) is 43.3 Å². The quantitative estimate of drug-likeness (QED) is 0.361. The van der Waals surface area contributed by atoms with Crippen LogP contribution >= 0.6 is 0 Å². The van der Waals surface area contributed by atoms with Gasteiger partial charge in [0, 0.05) is 28.9 Å². The first-order chi connectivity index (χ1) is 16.6. The molecule has 0 unspecified atom stereocenters. The van der Waals surface area contributed by atoms with Crippen LogP contribution in [0.2, 0.25) is 0 Å². The molecule has 6 rings (SSSR count). The summed E-state index contributed by atoms with van der Waals surface area (Å²) in [6.45, 7) is 1.83. The fraction of sp³-hybridized carbons (Fsp3) is 0.0800. The summed E-state index contributed by atoms with van der Waals surface area (Å²) >= 11 is 0. The number of aromatic hydroxyl groups is 1. The number of methoxy groups -OCH3 is 1. The first-order valence-electron chi connectivity index (χ1n) is 10.5. The van der Waals surface area contributed by atoms with Crippen LogP contribution in [0.3, 0.4) is 0 Å². The van der Waals surface area contributed by atoms with Crippen molar-refractivity contribution in [3.63, 3.8) is 0 Å². The van der Waals surface area contributed by atoms with Gasteiger partial charge in [-0.15, -0.1) is 0 Å². The highest BCUT2D eigenvalue weighted by molar-refractivity contribution is 6.06. The maximum atomic E-state index is 11.3. The first kappa shape index (κ1) is 19.9. The van der Waals surface area contributed by atoms with Crippen LogP contribution in [0.25, 0.3) is 50.5 Å². The first-order valence-corrected chi connectivity index (χ1v) is 10.5. The van der Waals surface area contributed by atoms with Gasteiger partial charge in [-0.25, -0.2) is 0 Å². The van der Waals surface area contributed by atoms with E-state index in [1.165, 1.54) is 6.26 Å². The fourth-order valence-corrected chi connectivity index (χ4v) is 4.14. The van der Waals surface area contributed by atoms with Crippen molar-refractivity contribution >= 4 is 10.9 Å². The number of benzene rings is 2. The predicted molar refractivity (Wildman–Crippen MR) is 125 cm³/mol. The van der Waals surface area contributed by atoms with Crippen molar-refractivity contribution in [2.75, 3.05) is 7.11 Å². The van der Waals surface area contributed by atoms with E-state index < -0.39 is 0 Å². The normalized spacial score (nSPS) is 11.4. The lowest BCUT2D eigenvalue weighted by Gasteiger charge is -2.10. The Hall–Kier alpha value is -4.79. The third-order valence-corrected chi connectivity index (χ3v) is 5.76. The summed E-state index contributed by atoms with van der Waals surface area (Å²) < 4.78 is 17.3. The Morgan fingerprint density at radius 3 is 2.35 bits per heavy atom. The molecule has 9 nitrogen and oxygen atoms in total. The largest absolute Gasteiger partial charge is 0.497 e. The maximum absolute atomic E-state index is 11.3. The van der Waals surface area contributed by atoms with Crippen molar-refractivity contribution in [1.29, 1.82) is 0 Å². The fourth-order valence-electron chi connectivity index (χ4n) is 4.14. The molecule has 0 bridgehead atoms. The highest BCUT2D eigenvalue weighted by atomic mass is 16.5. The zero-order chi connectivity index (χ0) is 23.2. The minimum Gasteiger partial charge on any atom is -0.497 e. The van der Waals surface area contributed by atoms with Gasteiger partial charge in [0.15, 0.2) is 0 Å². The van der Waals surface area contributed by atoms with Crippen LogP contribution in [-0.2, 0) is 0 Å². The lowest BCUT2D eigenvalue weighted by atomic mass is 10.1. The summed E-state index contributed by atoms with van der Waals surface area (Å²) in [6.07, 6.45) is 1.53. The average Bonchev–Trinajstić information content (AvgIpc) is 3.66. The van der Waals surface area contributed by atoms with Crippen LogP contribution < -0.4 is 4.74 Å². The van der Waals surface area contributed by atoms with Crippen LogP contribution in [0.4, 0.5) is 0 Å².